The quantitative estimate of drug-likeness (QED) is 0.730. The second-order valence-corrected chi connectivity index (χ2v) is 6.92. The maximum atomic E-state index is 12.2. The Morgan fingerprint density at radius 2 is 2.25 bits per heavy atom. The summed E-state index contributed by atoms with van der Waals surface area (Å²) in [6.07, 6.45) is 7.18. The summed E-state index contributed by atoms with van der Waals surface area (Å²) in [5, 5.41) is 15.6. The van der Waals surface area contributed by atoms with Gasteiger partial charge in [-0.2, -0.15) is 0 Å². The number of hydrogen-bond donors (Lipinski definition) is 3. The molecule has 3 atom stereocenters. The number of aliphatic hydroxyl groups excluding tert-OH is 1. The number of aromatic nitrogens is 1. The number of rotatable bonds is 6. The van der Waals surface area contributed by atoms with E-state index in [9.17, 15) is 9.90 Å². The molecule has 2 aliphatic heterocycles. The number of nitrogens with zero attached hydrogens (tertiary/aromatic N) is 2. The van der Waals surface area contributed by atoms with Crippen LogP contribution in [0.5, 0.6) is 0 Å². The minimum atomic E-state index is -0.119. The molecule has 24 heavy (non-hydrogen) atoms. The molecular formula is C18H28N4O2. The van der Waals surface area contributed by atoms with Crippen LogP contribution in [0.3, 0.4) is 0 Å². The fourth-order valence-corrected chi connectivity index (χ4v) is 3.89. The molecule has 3 unspecified atom stereocenters. The molecule has 0 spiro atoms. The molecule has 1 aromatic rings. The molecule has 2 saturated heterocycles. The molecule has 0 bridgehead atoms. The molecule has 132 valence electrons. The molecule has 3 N–H and O–H groups in total. The van der Waals surface area contributed by atoms with Crippen LogP contribution in [0.15, 0.2) is 24.4 Å². The number of nitrogens with one attached hydrogen (secondary N) is 2. The second-order valence-electron chi connectivity index (χ2n) is 6.92. The van der Waals surface area contributed by atoms with Gasteiger partial charge in [-0.1, -0.05) is 12.5 Å². The summed E-state index contributed by atoms with van der Waals surface area (Å²) < 4.78 is 0. The zero-order chi connectivity index (χ0) is 16.8. The highest BCUT2D eigenvalue weighted by Gasteiger charge is 2.36. The Kier molecular flexibility index (Phi) is 6.04. The van der Waals surface area contributed by atoms with Crippen LogP contribution in [-0.2, 0) is 6.42 Å². The van der Waals surface area contributed by atoms with Crippen LogP contribution >= 0.6 is 0 Å². The first-order valence-corrected chi connectivity index (χ1v) is 9.05. The van der Waals surface area contributed by atoms with Crippen molar-refractivity contribution in [3.8, 4) is 0 Å². The number of amides is 2. The first-order valence-electron chi connectivity index (χ1n) is 9.05. The molecule has 2 fully saturated rings. The highest BCUT2D eigenvalue weighted by molar-refractivity contribution is 5.74. The summed E-state index contributed by atoms with van der Waals surface area (Å²) in [6, 6.07) is 6.40. The lowest BCUT2D eigenvalue weighted by molar-refractivity contribution is 0.177. The Bertz CT molecular complexity index is 525. The van der Waals surface area contributed by atoms with Crippen LogP contribution in [0.2, 0.25) is 0 Å². The molecule has 0 saturated carbocycles. The molecule has 2 aliphatic rings. The summed E-state index contributed by atoms with van der Waals surface area (Å²) in [5.41, 5.74) is 0.937. The van der Waals surface area contributed by atoms with Gasteiger partial charge in [0.05, 0.1) is 0 Å². The first kappa shape index (κ1) is 17.2. The fraction of sp³-hybridized carbons (Fsp3) is 0.667. The minimum Gasteiger partial charge on any atom is -0.396 e. The van der Waals surface area contributed by atoms with Gasteiger partial charge in [-0.3, -0.25) is 9.88 Å². The summed E-state index contributed by atoms with van der Waals surface area (Å²) in [4.78, 5) is 19.0. The number of carbonyl (C=O) groups excluding carboxylic acids is 1. The molecule has 0 aromatic carbocycles. The van der Waals surface area contributed by atoms with Gasteiger partial charge in [0, 0.05) is 49.6 Å². The lowest BCUT2D eigenvalue weighted by Crippen LogP contribution is -2.50. The van der Waals surface area contributed by atoms with Gasteiger partial charge in [-0.05, 0) is 44.4 Å². The highest BCUT2D eigenvalue weighted by atomic mass is 16.3. The zero-order valence-corrected chi connectivity index (χ0v) is 14.2. The number of carbonyl (C=O) groups is 1. The topological polar surface area (TPSA) is 77.5 Å². The fourth-order valence-electron chi connectivity index (χ4n) is 3.89. The molecule has 0 radical (unpaired) electrons. The maximum absolute atomic E-state index is 12.2. The maximum Gasteiger partial charge on any atom is 0.315 e. The molecule has 0 aliphatic carbocycles. The van der Waals surface area contributed by atoms with Gasteiger partial charge in [-0.25, -0.2) is 4.79 Å². The van der Waals surface area contributed by atoms with Crippen LogP contribution in [0.1, 0.15) is 31.4 Å². The third-order valence-electron chi connectivity index (χ3n) is 5.21. The van der Waals surface area contributed by atoms with E-state index in [1.807, 2.05) is 18.2 Å². The normalized spacial score (nSPS) is 25.0. The van der Waals surface area contributed by atoms with Crippen LogP contribution in [0, 0.1) is 5.92 Å². The van der Waals surface area contributed by atoms with Crippen LogP contribution in [0.4, 0.5) is 4.79 Å². The van der Waals surface area contributed by atoms with Crippen LogP contribution in [0.25, 0.3) is 0 Å². The van der Waals surface area contributed by atoms with Gasteiger partial charge in [0.2, 0.25) is 0 Å². The SMILES string of the molecule is O=C(NCC(CO)Cc1ccccn1)NC1CCN2CCCCC12. The Morgan fingerprint density at radius 1 is 1.33 bits per heavy atom. The molecule has 3 heterocycles. The predicted octanol–water partition coefficient (Wildman–Crippen LogP) is 1.16. The van der Waals surface area contributed by atoms with Crippen molar-refractivity contribution in [3.63, 3.8) is 0 Å². The minimum absolute atomic E-state index is 0.0135. The largest absolute Gasteiger partial charge is 0.396 e. The van der Waals surface area contributed by atoms with E-state index in [4.69, 9.17) is 0 Å². The molecule has 2 amide bonds. The van der Waals surface area contributed by atoms with Crippen molar-refractivity contribution in [3.05, 3.63) is 30.1 Å². The lowest BCUT2D eigenvalue weighted by Gasteiger charge is -2.32. The number of hydrogen-bond acceptors (Lipinski definition) is 4. The Hall–Kier alpha value is -1.66. The Morgan fingerprint density at radius 3 is 3.04 bits per heavy atom. The van der Waals surface area contributed by atoms with E-state index in [-0.39, 0.29) is 24.6 Å². The third-order valence-corrected chi connectivity index (χ3v) is 5.21. The number of aliphatic hydroxyl groups is 1. The molecule has 6 nitrogen and oxygen atoms in total. The monoisotopic (exact) mass is 332 g/mol. The first-order chi connectivity index (χ1) is 11.8. The molecule has 3 rings (SSSR count). The van der Waals surface area contributed by atoms with Crippen molar-refractivity contribution >= 4 is 6.03 Å². The van der Waals surface area contributed by atoms with Crippen molar-refractivity contribution in [2.45, 2.75) is 44.2 Å². The highest BCUT2D eigenvalue weighted by Crippen LogP contribution is 2.26. The van der Waals surface area contributed by atoms with Crippen molar-refractivity contribution in [2.24, 2.45) is 5.92 Å². The summed E-state index contributed by atoms with van der Waals surface area (Å²) in [5.74, 6) is -0.0135. The van der Waals surface area contributed by atoms with Crippen LogP contribution < -0.4 is 10.6 Å². The smallest absolute Gasteiger partial charge is 0.315 e. The predicted molar refractivity (Wildman–Crippen MR) is 92.7 cm³/mol. The summed E-state index contributed by atoms with van der Waals surface area (Å²) in [6.45, 7) is 2.76. The molecule has 1 aromatic heterocycles. The average Bonchev–Trinajstić information content (AvgIpc) is 3.02. The van der Waals surface area contributed by atoms with Crippen molar-refractivity contribution in [1.29, 1.82) is 0 Å². The van der Waals surface area contributed by atoms with E-state index >= 15 is 0 Å². The molecule has 6 heteroatoms. The van der Waals surface area contributed by atoms with E-state index in [2.05, 4.69) is 20.5 Å². The number of pyridine rings is 1. The standard InChI is InChI=1S/C18H28N4O2/c23-13-14(11-15-5-1-3-8-19-15)12-20-18(24)21-16-7-10-22-9-4-2-6-17(16)22/h1,3,5,8,14,16-17,23H,2,4,6-7,9-13H2,(H2,20,21,24). The Balaban J connectivity index is 1.43. The van der Waals surface area contributed by atoms with E-state index in [0.717, 1.165) is 18.7 Å². The number of piperidine rings is 1. The van der Waals surface area contributed by atoms with E-state index in [1.54, 1.807) is 6.20 Å². The number of urea groups is 1. The zero-order valence-electron chi connectivity index (χ0n) is 14.2. The van der Waals surface area contributed by atoms with Gasteiger partial charge >= 0.3 is 6.03 Å². The van der Waals surface area contributed by atoms with E-state index in [1.165, 1.54) is 25.8 Å². The van der Waals surface area contributed by atoms with Gasteiger partial charge < -0.3 is 15.7 Å². The van der Waals surface area contributed by atoms with Crippen molar-refractivity contribution in [1.82, 2.24) is 20.5 Å². The van der Waals surface area contributed by atoms with Crippen LogP contribution in [-0.4, -0.2) is 59.3 Å². The lowest BCUT2D eigenvalue weighted by atomic mass is 9.99. The van der Waals surface area contributed by atoms with E-state index in [0.29, 0.717) is 19.0 Å². The van der Waals surface area contributed by atoms with Gasteiger partial charge in [0.1, 0.15) is 0 Å². The number of fused-ring (bicyclic) bond motifs is 1. The van der Waals surface area contributed by atoms with Gasteiger partial charge in [0.15, 0.2) is 0 Å². The van der Waals surface area contributed by atoms with Crippen molar-refractivity contribution < 1.29 is 9.90 Å². The molecular weight excluding hydrogens is 304 g/mol. The Labute approximate surface area is 143 Å². The van der Waals surface area contributed by atoms with Crippen molar-refractivity contribution in [2.75, 3.05) is 26.2 Å². The van der Waals surface area contributed by atoms with E-state index < -0.39 is 0 Å². The van der Waals surface area contributed by atoms with Gasteiger partial charge in [-0.15, -0.1) is 0 Å². The second kappa shape index (κ2) is 8.44. The summed E-state index contributed by atoms with van der Waals surface area (Å²) >= 11 is 0. The average molecular weight is 332 g/mol. The third kappa shape index (κ3) is 4.45. The van der Waals surface area contributed by atoms with Gasteiger partial charge in [0.25, 0.3) is 0 Å². The summed E-state index contributed by atoms with van der Waals surface area (Å²) in [7, 11) is 0.